The van der Waals surface area contributed by atoms with Crippen molar-refractivity contribution in [3.63, 3.8) is 0 Å². The van der Waals surface area contributed by atoms with Crippen LogP contribution in [-0.4, -0.2) is 4.37 Å². The van der Waals surface area contributed by atoms with E-state index in [1.807, 2.05) is 0 Å². The summed E-state index contributed by atoms with van der Waals surface area (Å²) in [5, 5.41) is 0. The fourth-order valence-corrected chi connectivity index (χ4v) is 1.50. The molecule has 0 aromatic carbocycles. The Balaban J connectivity index is 2.92. The number of hydrogen-bond acceptors (Lipinski definition) is 3. The highest BCUT2D eigenvalue weighted by atomic mass is 79.9. The van der Waals surface area contributed by atoms with Crippen LogP contribution in [0.3, 0.4) is 0 Å². The first-order valence-corrected chi connectivity index (χ1v) is 3.70. The maximum Gasteiger partial charge on any atom is 0.0552 e. The summed E-state index contributed by atoms with van der Waals surface area (Å²) in [5.74, 6) is 0. The largest absolute Gasteiger partial charge is 0.326 e. The van der Waals surface area contributed by atoms with Crippen molar-refractivity contribution in [3.05, 3.63) is 15.5 Å². The molecule has 1 rings (SSSR count). The number of nitrogens with zero attached hydrogens (tertiary/aromatic N) is 1. The number of hydrogen-bond donors (Lipinski definition) is 1. The number of nitrogens with two attached hydrogens (primary N) is 1. The predicted octanol–water partition coefficient (Wildman–Crippen LogP) is 1.36. The third kappa shape index (κ3) is 1.07. The van der Waals surface area contributed by atoms with E-state index < -0.39 is 0 Å². The van der Waals surface area contributed by atoms with E-state index in [4.69, 9.17) is 5.73 Å². The molecule has 0 saturated heterocycles. The molecule has 8 heavy (non-hydrogen) atoms. The Labute approximate surface area is 60.0 Å². The lowest BCUT2D eigenvalue weighted by molar-refractivity contribution is 1.10. The van der Waals surface area contributed by atoms with Gasteiger partial charge in [0.05, 0.1) is 15.5 Å². The Hall–Kier alpha value is 0.0700. The van der Waals surface area contributed by atoms with Gasteiger partial charge < -0.3 is 5.73 Å². The van der Waals surface area contributed by atoms with Crippen molar-refractivity contribution in [3.8, 4) is 0 Å². The van der Waals surface area contributed by atoms with Crippen LogP contribution in [0.15, 0.2) is 10.7 Å². The van der Waals surface area contributed by atoms with Crippen LogP contribution < -0.4 is 5.73 Å². The molecule has 2 N–H and O–H groups in total. The van der Waals surface area contributed by atoms with Crippen molar-refractivity contribution < 1.29 is 0 Å². The molecule has 44 valence electrons. The standard InChI is InChI=1S/C4H5BrN2S/c5-3-2-7-8-4(3)1-6/h2H,1,6H2. The van der Waals surface area contributed by atoms with E-state index in [2.05, 4.69) is 20.3 Å². The molecule has 0 aliphatic heterocycles. The molecule has 1 aromatic rings. The van der Waals surface area contributed by atoms with Crippen LogP contribution in [0.5, 0.6) is 0 Å². The van der Waals surface area contributed by atoms with Crippen LogP contribution >= 0.6 is 27.5 Å². The zero-order valence-electron chi connectivity index (χ0n) is 4.10. The summed E-state index contributed by atoms with van der Waals surface area (Å²) in [4.78, 5) is 1.10. The first kappa shape index (κ1) is 6.19. The van der Waals surface area contributed by atoms with E-state index in [0.717, 1.165) is 9.35 Å². The minimum absolute atomic E-state index is 0.575. The molecule has 0 saturated carbocycles. The van der Waals surface area contributed by atoms with Gasteiger partial charge in [-0.1, -0.05) is 0 Å². The monoisotopic (exact) mass is 192 g/mol. The van der Waals surface area contributed by atoms with Gasteiger partial charge in [0.1, 0.15) is 0 Å². The van der Waals surface area contributed by atoms with Crippen molar-refractivity contribution in [2.45, 2.75) is 6.54 Å². The van der Waals surface area contributed by atoms with Crippen molar-refractivity contribution >= 4 is 27.5 Å². The van der Waals surface area contributed by atoms with Crippen molar-refractivity contribution in [2.75, 3.05) is 0 Å². The van der Waals surface area contributed by atoms with E-state index in [1.165, 1.54) is 11.5 Å². The van der Waals surface area contributed by atoms with Gasteiger partial charge in [0.25, 0.3) is 0 Å². The van der Waals surface area contributed by atoms with Gasteiger partial charge in [-0.2, -0.15) is 4.37 Å². The van der Waals surface area contributed by atoms with E-state index in [1.54, 1.807) is 6.20 Å². The van der Waals surface area contributed by atoms with Gasteiger partial charge in [-0.15, -0.1) is 0 Å². The molecule has 4 heteroatoms. The molecule has 0 bridgehead atoms. The van der Waals surface area contributed by atoms with Gasteiger partial charge in [-0.25, -0.2) is 0 Å². The van der Waals surface area contributed by atoms with Gasteiger partial charge in [-0.3, -0.25) is 0 Å². The fourth-order valence-electron chi connectivity index (χ4n) is 0.387. The summed E-state index contributed by atoms with van der Waals surface area (Å²) in [7, 11) is 0. The van der Waals surface area contributed by atoms with Gasteiger partial charge >= 0.3 is 0 Å². The van der Waals surface area contributed by atoms with E-state index >= 15 is 0 Å². The summed E-state index contributed by atoms with van der Waals surface area (Å²) in [6, 6.07) is 0. The summed E-state index contributed by atoms with van der Waals surface area (Å²) in [6.45, 7) is 0.575. The minimum Gasteiger partial charge on any atom is -0.326 e. The number of rotatable bonds is 1. The Morgan fingerprint density at radius 2 is 2.62 bits per heavy atom. The minimum atomic E-state index is 0.575. The third-order valence-electron chi connectivity index (χ3n) is 0.781. The van der Waals surface area contributed by atoms with Crippen LogP contribution in [0.25, 0.3) is 0 Å². The topological polar surface area (TPSA) is 38.9 Å². The van der Waals surface area contributed by atoms with Gasteiger partial charge in [0.2, 0.25) is 0 Å². The SMILES string of the molecule is NCc1sncc1Br. The fraction of sp³-hybridized carbons (Fsp3) is 0.250. The smallest absolute Gasteiger partial charge is 0.0552 e. The molecule has 0 aliphatic carbocycles. The zero-order chi connectivity index (χ0) is 5.98. The number of halogens is 1. The first-order valence-electron chi connectivity index (χ1n) is 2.13. The Morgan fingerprint density at radius 3 is 2.88 bits per heavy atom. The zero-order valence-corrected chi connectivity index (χ0v) is 6.50. The lowest BCUT2D eigenvalue weighted by atomic mass is 10.5. The Kier molecular flexibility index (Phi) is 1.99. The van der Waals surface area contributed by atoms with E-state index in [9.17, 15) is 0 Å². The quantitative estimate of drug-likeness (QED) is 0.731. The molecule has 2 nitrogen and oxygen atoms in total. The van der Waals surface area contributed by atoms with Crippen LogP contribution in [0.4, 0.5) is 0 Å². The lowest BCUT2D eigenvalue weighted by Gasteiger charge is -1.84. The Morgan fingerprint density at radius 1 is 1.88 bits per heavy atom. The van der Waals surface area contributed by atoms with Crippen LogP contribution in [0, 0.1) is 0 Å². The van der Waals surface area contributed by atoms with Gasteiger partial charge in [0, 0.05) is 6.54 Å². The van der Waals surface area contributed by atoms with Crippen molar-refractivity contribution in [2.24, 2.45) is 5.73 Å². The summed E-state index contributed by atoms with van der Waals surface area (Å²) in [5.41, 5.74) is 5.34. The van der Waals surface area contributed by atoms with Crippen LogP contribution in [0.2, 0.25) is 0 Å². The summed E-state index contributed by atoms with van der Waals surface area (Å²) < 4.78 is 4.93. The van der Waals surface area contributed by atoms with Crippen molar-refractivity contribution in [1.29, 1.82) is 0 Å². The second kappa shape index (κ2) is 2.57. The molecule has 0 unspecified atom stereocenters. The van der Waals surface area contributed by atoms with Gasteiger partial charge in [-0.05, 0) is 27.5 Å². The molecular weight excluding hydrogens is 188 g/mol. The maximum absolute atomic E-state index is 5.34. The third-order valence-corrected chi connectivity index (χ3v) is 2.54. The normalized spacial score (nSPS) is 9.75. The van der Waals surface area contributed by atoms with E-state index in [0.29, 0.717) is 6.54 Å². The molecule has 0 radical (unpaired) electrons. The highest BCUT2D eigenvalue weighted by molar-refractivity contribution is 9.10. The molecule has 0 aliphatic rings. The molecular formula is C4H5BrN2S. The lowest BCUT2D eigenvalue weighted by Crippen LogP contribution is -1.92. The molecule has 1 heterocycles. The highest BCUT2D eigenvalue weighted by Crippen LogP contribution is 2.18. The van der Waals surface area contributed by atoms with Crippen LogP contribution in [0.1, 0.15) is 4.88 Å². The molecule has 0 atom stereocenters. The van der Waals surface area contributed by atoms with Gasteiger partial charge in [0.15, 0.2) is 0 Å². The van der Waals surface area contributed by atoms with E-state index in [-0.39, 0.29) is 0 Å². The first-order chi connectivity index (χ1) is 3.84. The Bertz CT molecular complexity index is 174. The number of aromatic nitrogens is 1. The van der Waals surface area contributed by atoms with Crippen molar-refractivity contribution in [1.82, 2.24) is 4.37 Å². The maximum atomic E-state index is 5.34. The molecule has 0 fully saturated rings. The second-order valence-corrected chi connectivity index (χ2v) is 3.04. The molecule has 0 spiro atoms. The molecule has 1 aromatic heterocycles. The summed E-state index contributed by atoms with van der Waals surface area (Å²) in [6.07, 6.45) is 1.76. The molecule has 0 amide bonds. The summed E-state index contributed by atoms with van der Waals surface area (Å²) >= 11 is 4.72. The predicted molar refractivity (Wildman–Crippen MR) is 37.7 cm³/mol. The van der Waals surface area contributed by atoms with Crippen LogP contribution in [-0.2, 0) is 6.54 Å². The average Bonchev–Trinajstić information content (AvgIpc) is 2.14. The second-order valence-electron chi connectivity index (χ2n) is 1.30. The average molecular weight is 193 g/mol. The highest BCUT2D eigenvalue weighted by Gasteiger charge is 1.96.